The molecule has 0 atom stereocenters. The number of carbonyl (C=O) groups excluding carboxylic acids is 1. The number of nitrogens with zero attached hydrogens (tertiary/aromatic N) is 2. The summed E-state index contributed by atoms with van der Waals surface area (Å²) in [5.74, 6) is 0.00411. The highest BCUT2D eigenvalue weighted by Gasteiger charge is 2.24. The summed E-state index contributed by atoms with van der Waals surface area (Å²) < 4.78 is 1.30. The Bertz CT molecular complexity index is 1110. The fourth-order valence-electron chi connectivity index (χ4n) is 3.85. The van der Waals surface area contributed by atoms with E-state index in [0.29, 0.717) is 16.6 Å². The lowest BCUT2D eigenvalue weighted by Crippen LogP contribution is -2.35. The van der Waals surface area contributed by atoms with Crippen LogP contribution in [0.15, 0.2) is 64.2 Å². The van der Waals surface area contributed by atoms with Crippen molar-refractivity contribution in [2.45, 2.75) is 32.2 Å². The van der Waals surface area contributed by atoms with Gasteiger partial charge in [0.15, 0.2) is 5.78 Å². The van der Waals surface area contributed by atoms with Crippen LogP contribution in [0.4, 0.5) is 0 Å². The second kappa shape index (κ2) is 7.27. The maximum Gasteiger partial charge on any atom is 0.336 e. The molecule has 0 amide bonds. The predicted octanol–water partition coefficient (Wildman–Crippen LogP) is 3.18. The standard InChI is InChI=1S/C22H20N2O3/c25-19(15-8-4-5-9-15)14-24-18-13-7-6-12-17(18)20(23-21(26)22(24)27)16-10-2-1-3-11-16/h1-3,6-7,10-13,15H,4-5,8-9,14H2. The summed E-state index contributed by atoms with van der Waals surface area (Å²) in [6.07, 6.45) is 3.81. The summed E-state index contributed by atoms with van der Waals surface area (Å²) in [6, 6.07) is 16.6. The first-order valence-electron chi connectivity index (χ1n) is 9.27. The number of hydrogen-bond donors (Lipinski definition) is 0. The fraction of sp³-hybridized carbons (Fsp3) is 0.273. The van der Waals surface area contributed by atoms with Crippen molar-refractivity contribution in [3.8, 4) is 11.3 Å². The van der Waals surface area contributed by atoms with Gasteiger partial charge in [0, 0.05) is 16.9 Å². The highest BCUT2D eigenvalue weighted by molar-refractivity contribution is 5.93. The van der Waals surface area contributed by atoms with Gasteiger partial charge in [-0.3, -0.25) is 19.0 Å². The molecule has 0 radical (unpaired) electrons. The second-order valence-electron chi connectivity index (χ2n) is 6.99. The average molecular weight is 360 g/mol. The van der Waals surface area contributed by atoms with Gasteiger partial charge in [0.25, 0.3) is 0 Å². The molecular formula is C22H20N2O3. The molecule has 1 fully saturated rings. The van der Waals surface area contributed by atoms with E-state index < -0.39 is 11.1 Å². The average Bonchev–Trinajstić information content (AvgIpc) is 3.22. The lowest BCUT2D eigenvalue weighted by Gasteiger charge is -2.10. The van der Waals surface area contributed by atoms with Crippen molar-refractivity contribution in [2.75, 3.05) is 0 Å². The molecule has 1 heterocycles. The van der Waals surface area contributed by atoms with Crippen LogP contribution in [-0.4, -0.2) is 15.3 Å². The van der Waals surface area contributed by atoms with Crippen LogP contribution in [0.3, 0.4) is 0 Å². The highest BCUT2D eigenvalue weighted by atomic mass is 16.2. The summed E-state index contributed by atoms with van der Waals surface area (Å²) in [5, 5.41) is 0.683. The third-order valence-corrected chi connectivity index (χ3v) is 5.26. The van der Waals surface area contributed by atoms with Gasteiger partial charge in [-0.1, -0.05) is 61.4 Å². The SMILES string of the molecule is O=C(Cn1c(=O)c(=O)nc(-c2ccccc2)c2ccccc21)C1CCCC1. The molecule has 1 saturated carbocycles. The topological polar surface area (TPSA) is 69.0 Å². The van der Waals surface area contributed by atoms with E-state index >= 15 is 0 Å². The molecule has 27 heavy (non-hydrogen) atoms. The lowest BCUT2D eigenvalue weighted by molar-refractivity contribution is -0.123. The van der Waals surface area contributed by atoms with Gasteiger partial charge in [0.2, 0.25) is 0 Å². The van der Waals surface area contributed by atoms with Gasteiger partial charge in [-0.25, -0.2) is 4.98 Å². The van der Waals surface area contributed by atoms with E-state index in [1.54, 1.807) is 12.1 Å². The molecule has 4 rings (SSSR count). The first-order chi connectivity index (χ1) is 13.1. The van der Waals surface area contributed by atoms with Crippen molar-refractivity contribution >= 4 is 16.7 Å². The molecule has 5 nitrogen and oxygen atoms in total. The number of ketones is 1. The van der Waals surface area contributed by atoms with Crippen LogP contribution in [0.1, 0.15) is 25.7 Å². The molecule has 0 saturated heterocycles. The van der Waals surface area contributed by atoms with E-state index in [1.165, 1.54) is 4.57 Å². The zero-order chi connectivity index (χ0) is 18.8. The summed E-state index contributed by atoms with van der Waals surface area (Å²) in [7, 11) is 0. The first-order valence-corrected chi connectivity index (χ1v) is 9.27. The van der Waals surface area contributed by atoms with E-state index in [1.807, 2.05) is 42.5 Å². The monoisotopic (exact) mass is 360 g/mol. The maximum absolute atomic E-state index is 12.8. The summed E-state index contributed by atoms with van der Waals surface area (Å²) in [5.41, 5.74) is 0.182. The van der Waals surface area contributed by atoms with Gasteiger partial charge in [0.05, 0.1) is 17.8 Å². The molecule has 3 aromatic rings. The van der Waals surface area contributed by atoms with Gasteiger partial charge >= 0.3 is 11.1 Å². The fourth-order valence-corrected chi connectivity index (χ4v) is 3.85. The number of para-hydroxylation sites is 1. The van der Waals surface area contributed by atoms with Crippen LogP contribution < -0.4 is 11.1 Å². The maximum atomic E-state index is 12.8. The minimum absolute atomic E-state index is 0.0159. The number of aromatic nitrogens is 2. The van der Waals surface area contributed by atoms with Gasteiger partial charge in [-0.05, 0) is 18.9 Å². The Labute approximate surface area is 156 Å². The first kappa shape index (κ1) is 17.3. The van der Waals surface area contributed by atoms with Crippen LogP contribution in [0, 0.1) is 5.92 Å². The van der Waals surface area contributed by atoms with E-state index in [2.05, 4.69) is 4.98 Å². The summed E-state index contributed by atoms with van der Waals surface area (Å²) in [4.78, 5) is 42.0. The van der Waals surface area contributed by atoms with E-state index in [0.717, 1.165) is 31.2 Å². The third kappa shape index (κ3) is 3.33. The van der Waals surface area contributed by atoms with Crippen LogP contribution in [0.2, 0.25) is 0 Å². The van der Waals surface area contributed by atoms with Gasteiger partial charge in [0.1, 0.15) is 0 Å². The number of benzene rings is 2. The quantitative estimate of drug-likeness (QED) is 0.670. The van der Waals surface area contributed by atoms with Crippen molar-refractivity contribution < 1.29 is 4.79 Å². The Balaban J connectivity index is 1.95. The van der Waals surface area contributed by atoms with Crippen LogP contribution in [0.25, 0.3) is 22.2 Å². The molecule has 1 aromatic heterocycles. The predicted molar refractivity (Wildman–Crippen MR) is 105 cm³/mol. The Hall–Kier alpha value is -3.08. The number of fused-ring (bicyclic) bond motifs is 1. The van der Waals surface area contributed by atoms with E-state index in [4.69, 9.17) is 0 Å². The minimum Gasteiger partial charge on any atom is -0.297 e. The molecule has 0 aliphatic heterocycles. The molecular weight excluding hydrogens is 340 g/mol. The normalized spacial score (nSPS) is 14.5. The Kier molecular flexibility index (Phi) is 4.67. The second-order valence-corrected chi connectivity index (χ2v) is 6.99. The molecule has 0 bridgehead atoms. The molecule has 1 aliphatic rings. The number of carbonyl (C=O) groups is 1. The van der Waals surface area contributed by atoms with Crippen LogP contribution in [0.5, 0.6) is 0 Å². The van der Waals surface area contributed by atoms with Crippen molar-refractivity contribution in [1.82, 2.24) is 9.55 Å². The molecule has 0 spiro atoms. The molecule has 136 valence electrons. The Morgan fingerprint density at radius 2 is 1.63 bits per heavy atom. The van der Waals surface area contributed by atoms with E-state index in [9.17, 15) is 14.4 Å². The van der Waals surface area contributed by atoms with Crippen molar-refractivity contribution in [1.29, 1.82) is 0 Å². The Morgan fingerprint density at radius 3 is 2.37 bits per heavy atom. The molecule has 0 unspecified atom stereocenters. The third-order valence-electron chi connectivity index (χ3n) is 5.26. The molecule has 1 aliphatic carbocycles. The van der Waals surface area contributed by atoms with Crippen LogP contribution >= 0.6 is 0 Å². The largest absolute Gasteiger partial charge is 0.336 e. The van der Waals surface area contributed by atoms with Crippen molar-refractivity contribution in [3.05, 3.63) is 75.3 Å². The summed E-state index contributed by atoms with van der Waals surface area (Å²) >= 11 is 0. The molecule has 0 N–H and O–H groups in total. The Morgan fingerprint density at radius 1 is 0.963 bits per heavy atom. The van der Waals surface area contributed by atoms with Gasteiger partial charge < -0.3 is 0 Å². The number of hydrogen-bond acceptors (Lipinski definition) is 4. The van der Waals surface area contributed by atoms with Crippen molar-refractivity contribution in [3.63, 3.8) is 0 Å². The minimum atomic E-state index is -0.843. The van der Waals surface area contributed by atoms with Gasteiger partial charge in [-0.2, -0.15) is 0 Å². The zero-order valence-electron chi connectivity index (χ0n) is 14.9. The highest BCUT2D eigenvalue weighted by Crippen LogP contribution is 2.27. The number of Topliss-reactive ketones (excluding diaryl/α,β-unsaturated/α-hetero) is 1. The van der Waals surface area contributed by atoms with Crippen LogP contribution in [-0.2, 0) is 11.3 Å². The van der Waals surface area contributed by atoms with Crippen molar-refractivity contribution in [2.24, 2.45) is 5.92 Å². The lowest BCUT2D eigenvalue weighted by atomic mass is 10.0. The number of rotatable bonds is 4. The molecule has 2 aromatic carbocycles. The van der Waals surface area contributed by atoms with Gasteiger partial charge in [-0.15, -0.1) is 0 Å². The smallest absolute Gasteiger partial charge is 0.297 e. The molecule has 5 heteroatoms. The van der Waals surface area contributed by atoms with E-state index in [-0.39, 0.29) is 18.2 Å². The zero-order valence-corrected chi connectivity index (χ0v) is 14.9. The summed E-state index contributed by atoms with van der Waals surface area (Å²) in [6.45, 7) is -0.0795.